The van der Waals surface area contributed by atoms with Crippen molar-refractivity contribution in [3.63, 3.8) is 0 Å². The fourth-order valence-corrected chi connectivity index (χ4v) is 1.89. The van der Waals surface area contributed by atoms with Gasteiger partial charge in [-0.1, -0.05) is 12.1 Å². The zero-order valence-electron chi connectivity index (χ0n) is 9.73. The topological polar surface area (TPSA) is 75.1 Å². The molecule has 0 amide bonds. The van der Waals surface area contributed by atoms with Gasteiger partial charge < -0.3 is 5.11 Å². The highest BCUT2D eigenvalue weighted by Crippen LogP contribution is 2.15. The van der Waals surface area contributed by atoms with Crippen LogP contribution in [0.5, 0.6) is 0 Å². The van der Waals surface area contributed by atoms with Gasteiger partial charge in [0.1, 0.15) is 0 Å². The molecule has 5 heteroatoms. The lowest BCUT2D eigenvalue weighted by molar-refractivity contribution is -0.136. The standard InChI is InChI=1S/C12H14N2O3/c1-7(2)14-12(17)9-5-3-4-8(6-10(15)16)11(9)13-14/h3-5,7,13H,6H2,1-2H3,(H,15,16). The van der Waals surface area contributed by atoms with Crippen LogP contribution in [0.4, 0.5) is 0 Å². The van der Waals surface area contributed by atoms with Gasteiger partial charge in [0.05, 0.1) is 17.3 Å². The van der Waals surface area contributed by atoms with E-state index < -0.39 is 5.97 Å². The van der Waals surface area contributed by atoms with Crippen molar-refractivity contribution in [2.75, 3.05) is 0 Å². The second-order valence-electron chi connectivity index (χ2n) is 4.29. The van der Waals surface area contributed by atoms with Gasteiger partial charge in [-0.2, -0.15) is 0 Å². The van der Waals surface area contributed by atoms with E-state index in [9.17, 15) is 9.59 Å². The van der Waals surface area contributed by atoms with Crippen LogP contribution >= 0.6 is 0 Å². The maximum absolute atomic E-state index is 12.0. The van der Waals surface area contributed by atoms with E-state index in [0.29, 0.717) is 16.5 Å². The molecule has 2 rings (SSSR count). The summed E-state index contributed by atoms with van der Waals surface area (Å²) in [6.07, 6.45) is -0.0879. The number of carbonyl (C=O) groups is 1. The Morgan fingerprint density at radius 2 is 2.18 bits per heavy atom. The van der Waals surface area contributed by atoms with Crippen molar-refractivity contribution in [3.05, 3.63) is 34.1 Å². The van der Waals surface area contributed by atoms with E-state index in [1.807, 2.05) is 13.8 Å². The SMILES string of the molecule is CC(C)n1[nH]c2c(CC(=O)O)cccc2c1=O. The van der Waals surface area contributed by atoms with Crippen LogP contribution < -0.4 is 5.56 Å². The van der Waals surface area contributed by atoms with Crippen molar-refractivity contribution < 1.29 is 9.90 Å². The first-order valence-electron chi connectivity index (χ1n) is 5.44. The summed E-state index contributed by atoms with van der Waals surface area (Å²) < 4.78 is 1.51. The molecule has 0 fully saturated rings. The number of aliphatic carboxylic acids is 1. The molecule has 1 heterocycles. The highest BCUT2D eigenvalue weighted by molar-refractivity contribution is 5.85. The molecular formula is C12H14N2O3. The predicted octanol–water partition coefficient (Wildman–Crippen LogP) is 1.54. The highest BCUT2D eigenvalue weighted by Gasteiger charge is 2.13. The Balaban J connectivity index is 2.69. The van der Waals surface area contributed by atoms with Gasteiger partial charge in [0.2, 0.25) is 0 Å². The highest BCUT2D eigenvalue weighted by atomic mass is 16.4. The summed E-state index contributed by atoms with van der Waals surface area (Å²) in [6.45, 7) is 3.79. The molecule has 1 aromatic carbocycles. The van der Waals surface area contributed by atoms with Crippen LogP contribution in [0.3, 0.4) is 0 Å². The minimum Gasteiger partial charge on any atom is -0.481 e. The van der Waals surface area contributed by atoms with Gasteiger partial charge in [-0.3, -0.25) is 14.7 Å². The smallest absolute Gasteiger partial charge is 0.307 e. The monoisotopic (exact) mass is 234 g/mol. The van der Waals surface area contributed by atoms with Crippen LogP contribution in [0.2, 0.25) is 0 Å². The van der Waals surface area contributed by atoms with Gasteiger partial charge >= 0.3 is 5.97 Å². The molecule has 0 atom stereocenters. The number of carboxylic acids is 1. The number of carboxylic acid groups (broad SMARTS) is 1. The number of aromatic nitrogens is 2. The second kappa shape index (κ2) is 4.08. The Bertz CT molecular complexity index is 622. The average Bonchev–Trinajstić information content (AvgIpc) is 2.57. The van der Waals surface area contributed by atoms with Gasteiger partial charge in [-0.25, -0.2) is 4.68 Å². The van der Waals surface area contributed by atoms with Crippen molar-refractivity contribution in [1.29, 1.82) is 0 Å². The molecule has 0 bridgehead atoms. The first-order valence-corrected chi connectivity index (χ1v) is 5.44. The number of fused-ring (bicyclic) bond motifs is 1. The molecule has 0 unspecified atom stereocenters. The number of nitrogens with one attached hydrogen (secondary N) is 1. The van der Waals surface area contributed by atoms with Crippen LogP contribution in [0, 0.1) is 0 Å². The summed E-state index contributed by atoms with van der Waals surface area (Å²) in [4.78, 5) is 22.7. The third-order valence-corrected chi connectivity index (χ3v) is 2.69. The summed E-state index contributed by atoms with van der Waals surface area (Å²) in [7, 11) is 0. The van der Waals surface area contributed by atoms with E-state index in [4.69, 9.17) is 5.11 Å². The molecule has 17 heavy (non-hydrogen) atoms. The largest absolute Gasteiger partial charge is 0.481 e. The molecule has 0 aliphatic heterocycles. The predicted molar refractivity (Wildman–Crippen MR) is 64.3 cm³/mol. The summed E-state index contributed by atoms with van der Waals surface area (Å²) in [5.41, 5.74) is 1.14. The van der Waals surface area contributed by atoms with E-state index in [1.54, 1.807) is 18.2 Å². The lowest BCUT2D eigenvalue weighted by atomic mass is 10.1. The van der Waals surface area contributed by atoms with Crippen LogP contribution in [-0.4, -0.2) is 20.9 Å². The van der Waals surface area contributed by atoms with Crippen LogP contribution in [0.1, 0.15) is 25.5 Å². The van der Waals surface area contributed by atoms with Crippen molar-refractivity contribution >= 4 is 16.9 Å². The van der Waals surface area contributed by atoms with Gasteiger partial charge in [0.25, 0.3) is 5.56 Å². The third-order valence-electron chi connectivity index (χ3n) is 2.69. The van der Waals surface area contributed by atoms with E-state index in [1.165, 1.54) is 4.68 Å². The number of benzene rings is 1. The molecule has 2 N–H and O–H groups in total. The van der Waals surface area contributed by atoms with Gasteiger partial charge in [0.15, 0.2) is 0 Å². The first kappa shape index (κ1) is 11.4. The molecule has 2 aromatic rings. The fraction of sp³-hybridized carbons (Fsp3) is 0.333. The first-order chi connectivity index (χ1) is 8.00. The lowest BCUT2D eigenvalue weighted by Crippen LogP contribution is -2.18. The number of hydrogen-bond acceptors (Lipinski definition) is 2. The number of hydrogen-bond donors (Lipinski definition) is 2. The molecular weight excluding hydrogens is 220 g/mol. The van der Waals surface area contributed by atoms with Crippen LogP contribution in [0.15, 0.2) is 23.0 Å². The zero-order valence-corrected chi connectivity index (χ0v) is 9.73. The maximum atomic E-state index is 12.0. The third kappa shape index (κ3) is 1.95. The minimum atomic E-state index is -0.907. The van der Waals surface area contributed by atoms with Gasteiger partial charge in [0, 0.05) is 6.04 Å². The molecule has 0 aliphatic carbocycles. The van der Waals surface area contributed by atoms with Gasteiger partial charge in [-0.15, -0.1) is 0 Å². The minimum absolute atomic E-state index is 0.0209. The summed E-state index contributed by atoms with van der Waals surface area (Å²) >= 11 is 0. The van der Waals surface area contributed by atoms with Crippen molar-refractivity contribution in [2.45, 2.75) is 26.3 Å². The van der Waals surface area contributed by atoms with E-state index >= 15 is 0 Å². The van der Waals surface area contributed by atoms with Crippen molar-refractivity contribution in [3.8, 4) is 0 Å². The molecule has 1 aromatic heterocycles. The normalized spacial score (nSPS) is 11.2. The lowest BCUT2D eigenvalue weighted by Gasteiger charge is -2.04. The molecule has 5 nitrogen and oxygen atoms in total. The average molecular weight is 234 g/mol. The summed E-state index contributed by atoms with van der Waals surface area (Å²) in [5.74, 6) is -0.907. The molecule has 0 radical (unpaired) electrons. The number of H-pyrrole nitrogens is 1. The summed E-state index contributed by atoms with van der Waals surface area (Å²) in [6, 6.07) is 5.16. The van der Waals surface area contributed by atoms with Crippen molar-refractivity contribution in [2.24, 2.45) is 0 Å². The van der Waals surface area contributed by atoms with E-state index in [2.05, 4.69) is 5.10 Å². The molecule has 0 saturated carbocycles. The quantitative estimate of drug-likeness (QED) is 0.845. The number of aromatic amines is 1. The fourth-order valence-electron chi connectivity index (χ4n) is 1.89. The Labute approximate surface area is 97.7 Å². The molecule has 0 spiro atoms. The number of nitrogens with zero attached hydrogens (tertiary/aromatic N) is 1. The van der Waals surface area contributed by atoms with E-state index in [0.717, 1.165) is 0 Å². The number of rotatable bonds is 3. The van der Waals surface area contributed by atoms with Crippen molar-refractivity contribution in [1.82, 2.24) is 9.78 Å². The van der Waals surface area contributed by atoms with Crippen LogP contribution in [-0.2, 0) is 11.2 Å². The number of para-hydroxylation sites is 1. The van der Waals surface area contributed by atoms with E-state index in [-0.39, 0.29) is 18.0 Å². The Kier molecular flexibility index (Phi) is 2.75. The summed E-state index contributed by atoms with van der Waals surface area (Å²) in [5, 5.41) is 12.3. The maximum Gasteiger partial charge on any atom is 0.307 e. The Morgan fingerprint density at radius 1 is 1.47 bits per heavy atom. The Hall–Kier alpha value is -2.04. The second-order valence-corrected chi connectivity index (χ2v) is 4.29. The molecule has 0 saturated heterocycles. The van der Waals surface area contributed by atoms with Crippen LogP contribution in [0.25, 0.3) is 10.9 Å². The Morgan fingerprint density at radius 3 is 2.76 bits per heavy atom. The molecule has 0 aliphatic rings. The molecule has 90 valence electrons. The zero-order chi connectivity index (χ0) is 12.6. The van der Waals surface area contributed by atoms with Gasteiger partial charge in [-0.05, 0) is 25.5 Å².